The summed E-state index contributed by atoms with van der Waals surface area (Å²) in [6, 6.07) is 9.31. The maximum atomic E-state index is 9.98. The fraction of sp³-hybridized carbons (Fsp3) is 0.500. The minimum absolute atomic E-state index is 0. The molecule has 23 heavy (non-hydrogen) atoms. The summed E-state index contributed by atoms with van der Waals surface area (Å²) in [5.74, 6) is 0. The van der Waals surface area contributed by atoms with Crippen molar-refractivity contribution in [2.75, 3.05) is 13.2 Å². The molecule has 0 radical (unpaired) electrons. The molecule has 1 aromatic rings. The van der Waals surface area contributed by atoms with Crippen LogP contribution in [0.5, 0.6) is 0 Å². The van der Waals surface area contributed by atoms with E-state index in [0.29, 0.717) is 6.54 Å². The second-order valence-electron chi connectivity index (χ2n) is 4.93. The van der Waals surface area contributed by atoms with Crippen molar-refractivity contribution in [2.45, 2.75) is 31.0 Å². The van der Waals surface area contributed by atoms with Gasteiger partial charge in [-0.05, 0) is 5.56 Å². The van der Waals surface area contributed by atoms with Crippen LogP contribution in [0.2, 0.25) is 0 Å². The van der Waals surface area contributed by atoms with Crippen molar-refractivity contribution in [2.24, 2.45) is 0 Å². The van der Waals surface area contributed by atoms with E-state index in [9.17, 15) is 20.4 Å². The van der Waals surface area contributed by atoms with Gasteiger partial charge in [-0.15, -0.1) is 0 Å². The molecule has 0 spiro atoms. The van der Waals surface area contributed by atoms with E-state index in [1.807, 2.05) is 30.3 Å². The summed E-state index contributed by atoms with van der Waals surface area (Å²) in [5.41, 5.74) is 0.923. The van der Waals surface area contributed by atoms with Crippen LogP contribution >= 0.6 is 12.2 Å². The minimum atomic E-state index is -1.67. The first-order chi connectivity index (χ1) is 10.4. The van der Waals surface area contributed by atoms with Crippen LogP contribution in [0.4, 0.5) is 0 Å². The normalized spacial score (nSPS) is 15.9. The molecule has 0 amide bonds. The largest absolute Gasteiger partial charge is 1.00 e. The second-order valence-corrected chi connectivity index (χ2v) is 5.96. The van der Waals surface area contributed by atoms with E-state index in [0.717, 1.165) is 5.56 Å². The molecule has 9 heteroatoms. The smallest absolute Gasteiger partial charge is 0.411 e. The molecule has 0 aliphatic carbocycles. The van der Waals surface area contributed by atoms with Crippen LogP contribution in [0.1, 0.15) is 5.56 Å². The summed E-state index contributed by atoms with van der Waals surface area (Å²) in [5, 5.41) is 47.4. The fourth-order valence-electron chi connectivity index (χ4n) is 1.90. The van der Waals surface area contributed by atoms with E-state index in [-0.39, 0.29) is 40.4 Å². The molecule has 0 bridgehead atoms. The molecule has 0 aliphatic rings. The first-order valence-electron chi connectivity index (χ1n) is 6.69. The number of nitrogens with zero attached hydrogens (tertiary/aromatic N) is 1. The van der Waals surface area contributed by atoms with Gasteiger partial charge in [0, 0.05) is 13.1 Å². The van der Waals surface area contributed by atoms with Crippen LogP contribution in [-0.4, -0.2) is 72.3 Å². The average molecular weight is 369 g/mol. The minimum Gasteiger partial charge on any atom is -0.411 e. The van der Waals surface area contributed by atoms with Gasteiger partial charge in [0.25, 0.3) is 0 Å². The number of hydrogen-bond acceptors (Lipinski definition) is 7. The zero-order valence-electron chi connectivity index (χ0n) is 12.8. The first-order valence-corrected chi connectivity index (χ1v) is 7.51. The van der Waals surface area contributed by atoms with Gasteiger partial charge in [0.15, 0.2) is 0 Å². The van der Waals surface area contributed by atoms with Crippen LogP contribution in [0.3, 0.4) is 0 Å². The molecular formula is C14H20NNaO5S2. The molecule has 0 saturated carbocycles. The van der Waals surface area contributed by atoms with Crippen molar-refractivity contribution in [3.8, 4) is 0 Å². The van der Waals surface area contributed by atoms with E-state index in [1.54, 1.807) is 0 Å². The number of rotatable bonds is 8. The third-order valence-corrected chi connectivity index (χ3v) is 3.72. The predicted octanol–water partition coefficient (Wildman–Crippen LogP) is -4.24. The molecule has 0 saturated heterocycles. The van der Waals surface area contributed by atoms with Crippen molar-refractivity contribution in [3.05, 3.63) is 35.9 Å². The van der Waals surface area contributed by atoms with E-state index in [1.165, 1.54) is 4.90 Å². The zero-order valence-corrected chi connectivity index (χ0v) is 16.5. The number of aliphatic hydroxyl groups excluding tert-OH is 5. The fourth-order valence-corrected chi connectivity index (χ4v) is 2.18. The quantitative estimate of drug-likeness (QED) is 0.178. The van der Waals surface area contributed by atoms with Gasteiger partial charge in [-0.3, -0.25) is 0 Å². The number of aliphatic hydroxyl groups is 5. The van der Waals surface area contributed by atoms with Crippen molar-refractivity contribution >= 4 is 29.2 Å². The van der Waals surface area contributed by atoms with Crippen LogP contribution in [0, 0.1) is 0 Å². The maximum absolute atomic E-state index is 9.98. The van der Waals surface area contributed by atoms with Crippen LogP contribution in [0.25, 0.3) is 0 Å². The van der Waals surface area contributed by atoms with Crippen LogP contribution in [-0.2, 0) is 19.2 Å². The molecule has 0 aliphatic heterocycles. The first kappa shape index (κ1) is 23.1. The van der Waals surface area contributed by atoms with Gasteiger partial charge in [0.1, 0.15) is 18.3 Å². The Morgan fingerprint density at radius 2 is 1.57 bits per heavy atom. The topological polar surface area (TPSA) is 104 Å². The van der Waals surface area contributed by atoms with Crippen molar-refractivity contribution < 1.29 is 55.1 Å². The molecular weight excluding hydrogens is 349 g/mol. The Balaban J connectivity index is 0.00000484. The number of benzene rings is 1. The summed E-state index contributed by atoms with van der Waals surface area (Å²) >= 11 is 9.91. The summed E-state index contributed by atoms with van der Waals surface area (Å²) in [4.78, 5) is 1.51. The van der Waals surface area contributed by atoms with E-state index in [2.05, 4.69) is 0 Å². The molecule has 124 valence electrons. The third-order valence-electron chi connectivity index (χ3n) is 3.21. The Morgan fingerprint density at radius 3 is 2.04 bits per heavy atom. The molecule has 0 aromatic heterocycles. The van der Waals surface area contributed by atoms with Crippen LogP contribution in [0.15, 0.2) is 30.3 Å². The van der Waals surface area contributed by atoms with Gasteiger partial charge in [0.05, 0.1) is 12.7 Å². The van der Waals surface area contributed by atoms with E-state index >= 15 is 0 Å². The van der Waals surface area contributed by atoms with Crippen molar-refractivity contribution in [3.63, 3.8) is 0 Å². The summed E-state index contributed by atoms with van der Waals surface area (Å²) < 4.78 is 0.118. The molecule has 0 fully saturated rings. The standard InChI is InChI=1S/C14H21NO5S2.Na/c16-8-11(18)13(20)12(19)10(17)7-15(14(21)22)6-9-4-2-1-3-5-9;/h1-5,10-13,16-20H,6-8H2,(H,21,22);/q;+1/p-1/t10-,11+,12+,13-;/m0./s1. The summed E-state index contributed by atoms with van der Waals surface area (Å²) in [6.45, 7) is -0.475. The molecule has 1 aromatic carbocycles. The molecule has 5 N–H and O–H groups in total. The molecule has 0 unspecified atom stereocenters. The van der Waals surface area contributed by atoms with Gasteiger partial charge in [-0.25, -0.2) is 0 Å². The Morgan fingerprint density at radius 1 is 1.04 bits per heavy atom. The monoisotopic (exact) mass is 369 g/mol. The van der Waals surface area contributed by atoms with E-state index < -0.39 is 31.0 Å². The third kappa shape index (κ3) is 7.70. The summed E-state index contributed by atoms with van der Waals surface area (Å²) in [6.07, 6.45) is -6.23. The molecule has 1 rings (SSSR count). The summed E-state index contributed by atoms with van der Waals surface area (Å²) in [7, 11) is 0. The Bertz CT molecular complexity index is 468. The van der Waals surface area contributed by atoms with Gasteiger partial charge in [-0.1, -0.05) is 34.7 Å². The van der Waals surface area contributed by atoms with Crippen molar-refractivity contribution in [1.82, 2.24) is 4.90 Å². The number of thiocarbonyl (C=S) groups is 1. The van der Waals surface area contributed by atoms with Crippen molar-refractivity contribution in [1.29, 1.82) is 0 Å². The zero-order chi connectivity index (χ0) is 16.7. The predicted molar refractivity (Wildman–Crippen MR) is 87.9 cm³/mol. The van der Waals surface area contributed by atoms with E-state index in [4.69, 9.17) is 30.0 Å². The van der Waals surface area contributed by atoms with Crippen LogP contribution < -0.4 is 29.6 Å². The van der Waals surface area contributed by atoms with Gasteiger partial charge in [-0.2, -0.15) is 0 Å². The van der Waals surface area contributed by atoms with Gasteiger partial charge < -0.3 is 55.3 Å². The van der Waals surface area contributed by atoms with Gasteiger partial charge >= 0.3 is 29.6 Å². The molecule has 6 nitrogen and oxygen atoms in total. The molecule has 0 heterocycles. The van der Waals surface area contributed by atoms with Gasteiger partial charge in [0.2, 0.25) is 0 Å². The second kappa shape index (κ2) is 11.6. The Hall–Kier alpha value is 0.130. The Kier molecular flexibility index (Phi) is 11.7. The molecule has 4 atom stereocenters. The average Bonchev–Trinajstić information content (AvgIpc) is 2.52. The maximum Gasteiger partial charge on any atom is 1.00 e. The SMILES string of the molecule is OC[C@@H](O)[C@H](O)[C@H](O)[C@@H](O)CN(Cc1ccccc1)C(=S)[S-].[Na+]. The Labute approximate surface area is 168 Å². The number of hydrogen-bond donors (Lipinski definition) is 5.